The van der Waals surface area contributed by atoms with Crippen molar-refractivity contribution in [2.24, 2.45) is 5.92 Å². The average Bonchev–Trinajstić information content (AvgIpc) is 2.87. The molecule has 2 N–H and O–H groups in total. The van der Waals surface area contributed by atoms with E-state index < -0.39 is 0 Å². The van der Waals surface area contributed by atoms with Crippen LogP contribution < -0.4 is 5.73 Å². The Bertz CT molecular complexity index is 600. The van der Waals surface area contributed by atoms with E-state index in [4.69, 9.17) is 10.5 Å². The van der Waals surface area contributed by atoms with Crippen LogP contribution in [0.3, 0.4) is 0 Å². The maximum atomic E-state index is 11.9. The van der Waals surface area contributed by atoms with E-state index >= 15 is 0 Å². The highest BCUT2D eigenvalue weighted by Crippen LogP contribution is 2.26. The van der Waals surface area contributed by atoms with Gasteiger partial charge >= 0.3 is 5.97 Å². The van der Waals surface area contributed by atoms with Crippen molar-refractivity contribution in [2.45, 2.75) is 19.3 Å². The SMILES string of the molecule is Nc1ccc(-n2ccc(C(=O)OCC3CCC3)n2)cc1. The molecular formula is C15H17N3O2. The molecule has 5 heteroatoms. The van der Waals surface area contributed by atoms with Gasteiger partial charge in [-0.2, -0.15) is 5.10 Å². The molecule has 0 atom stereocenters. The first-order valence-electron chi connectivity index (χ1n) is 6.81. The van der Waals surface area contributed by atoms with Crippen molar-refractivity contribution < 1.29 is 9.53 Å². The van der Waals surface area contributed by atoms with Crippen molar-refractivity contribution in [1.82, 2.24) is 9.78 Å². The topological polar surface area (TPSA) is 70.1 Å². The third kappa shape index (κ3) is 2.66. The van der Waals surface area contributed by atoms with Gasteiger partial charge in [0.05, 0.1) is 12.3 Å². The standard InChI is InChI=1S/C15H17N3O2/c16-12-4-6-13(7-5-12)18-9-8-14(17-18)15(19)20-10-11-2-1-3-11/h4-9,11H,1-3,10,16H2. The number of nitrogens with two attached hydrogens (primary N) is 1. The van der Waals surface area contributed by atoms with Gasteiger partial charge < -0.3 is 10.5 Å². The van der Waals surface area contributed by atoms with E-state index in [2.05, 4.69) is 5.10 Å². The lowest BCUT2D eigenvalue weighted by atomic mass is 9.86. The molecule has 104 valence electrons. The fourth-order valence-electron chi connectivity index (χ4n) is 2.13. The Morgan fingerprint density at radius 3 is 2.70 bits per heavy atom. The maximum absolute atomic E-state index is 11.9. The summed E-state index contributed by atoms with van der Waals surface area (Å²) < 4.78 is 6.90. The van der Waals surface area contributed by atoms with Gasteiger partial charge in [-0.15, -0.1) is 0 Å². The number of carbonyl (C=O) groups excluding carboxylic acids is 1. The molecule has 1 aliphatic carbocycles. The van der Waals surface area contributed by atoms with Crippen molar-refractivity contribution in [1.29, 1.82) is 0 Å². The zero-order valence-corrected chi connectivity index (χ0v) is 11.2. The second-order valence-corrected chi connectivity index (χ2v) is 5.13. The van der Waals surface area contributed by atoms with E-state index in [1.54, 1.807) is 29.1 Å². The summed E-state index contributed by atoms with van der Waals surface area (Å²) in [5, 5.41) is 4.23. The number of rotatable bonds is 4. The number of benzene rings is 1. The highest BCUT2D eigenvalue weighted by atomic mass is 16.5. The van der Waals surface area contributed by atoms with E-state index in [1.807, 2.05) is 12.1 Å². The van der Waals surface area contributed by atoms with Gasteiger partial charge in [0.25, 0.3) is 0 Å². The lowest BCUT2D eigenvalue weighted by molar-refractivity contribution is 0.0364. The number of anilines is 1. The Balaban J connectivity index is 1.66. The molecule has 0 radical (unpaired) electrons. The van der Waals surface area contributed by atoms with Gasteiger partial charge in [-0.25, -0.2) is 9.48 Å². The fourth-order valence-corrected chi connectivity index (χ4v) is 2.13. The molecule has 5 nitrogen and oxygen atoms in total. The van der Waals surface area contributed by atoms with Crippen LogP contribution in [0.5, 0.6) is 0 Å². The van der Waals surface area contributed by atoms with Gasteiger partial charge in [-0.3, -0.25) is 0 Å². The summed E-state index contributed by atoms with van der Waals surface area (Å²) >= 11 is 0. The minimum Gasteiger partial charge on any atom is -0.461 e. The Hall–Kier alpha value is -2.30. The summed E-state index contributed by atoms with van der Waals surface area (Å²) in [5.41, 5.74) is 7.53. The molecule has 3 rings (SSSR count). The molecule has 20 heavy (non-hydrogen) atoms. The first kappa shape index (κ1) is 12.7. The van der Waals surface area contributed by atoms with E-state index in [0.29, 0.717) is 23.9 Å². The summed E-state index contributed by atoms with van der Waals surface area (Å²) in [7, 11) is 0. The summed E-state index contributed by atoms with van der Waals surface area (Å²) in [6.07, 6.45) is 5.31. The van der Waals surface area contributed by atoms with Crippen molar-refractivity contribution in [2.75, 3.05) is 12.3 Å². The first-order chi connectivity index (χ1) is 9.72. The fraction of sp³-hybridized carbons (Fsp3) is 0.333. The highest BCUT2D eigenvalue weighted by Gasteiger charge is 2.20. The molecule has 1 aromatic carbocycles. The van der Waals surface area contributed by atoms with Crippen LogP contribution in [0.1, 0.15) is 29.8 Å². The normalized spacial score (nSPS) is 14.8. The highest BCUT2D eigenvalue weighted by molar-refractivity contribution is 5.87. The Kier molecular flexibility index (Phi) is 3.41. The van der Waals surface area contributed by atoms with Crippen LogP contribution >= 0.6 is 0 Å². The summed E-state index contributed by atoms with van der Waals surface area (Å²) in [4.78, 5) is 11.9. The van der Waals surface area contributed by atoms with Crippen LogP contribution in [-0.4, -0.2) is 22.4 Å². The average molecular weight is 271 g/mol. The van der Waals surface area contributed by atoms with Crippen LogP contribution in [0, 0.1) is 5.92 Å². The predicted octanol–water partition coefficient (Wildman–Crippen LogP) is 2.41. The lowest BCUT2D eigenvalue weighted by Gasteiger charge is -2.24. The lowest BCUT2D eigenvalue weighted by Crippen LogP contribution is -2.20. The van der Waals surface area contributed by atoms with Gasteiger partial charge in [0, 0.05) is 11.9 Å². The Morgan fingerprint density at radius 2 is 2.05 bits per heavy atom. The van der Waals surface area contributed by atoms with Gasteiger partial charge in [0.15, 0.2) is 5.69 Å². The molecule has 1 aliphatic rings. The van der Waals surface area contributed by atoms with E-state index in [1.165, 1.54) is 6.42 Å². The van der Waals surface area contributed by atoms with Crippen molar-refractivity contribution in [3.05, 3.63) is 42.2 Å². The largest absolute Gasteiger partial charge is 0.461 e. The number of hydrogen-bond acceptors (Lipinski definition) is 4. The van der Waals surface area contributed by atoms with Crippen LogP contribution in [0.25, 0.3) is 5.69 Å². The minimum absolute atomic E-state index is 0.334. The molecule has 1 heterocycles. The number of esters is 1. The monoisotopic (exact) mass is 271 g/mol. The second kappa shape index (κ2) is 5.36. The van der Waals surface area contributed by atoms with Crippen LogP contribution in [0.2, 0.25) is 0 Å². The maximum Gasteiger partial charge on any atom is 0.358 e. The third-order valence-electron chi connectivity index (χ3n) is 3.63. The zero-order chi connectivity index (χ0) is 13.9. The van der Waals surface area contributed by atoms with Crippen molar-refractivity contribution in [3.63, 3.8) is 0 Å². The molecular weight excluding hydrogens is 254 g/mol. The first-order valence-corrected chi connectivity index (χ1v) is 6.81. The molecule has 2 aromatic rings. The number of aromatic nitrogens is 2. The summed E-state index contributed by atoms with van der Waals surface area (Å²) in [6, 6.07) is 8.97. The van der Waals surface area contributed by atoms with Crippen molar-refractivity contribution >= 4 is 11.7 Å². The molecule has 0 bridgehead atoms. The molecule has 1 aromatic heterocycles. The molecule has 0 amide bonds. The molecule has 0 saturated heterocycles. The smallest absolute Gasteiger partial charge is 0.358 e. The predicted molar refractivity (Wildman–Crippen MR) is 75.6 cm³/mol. The Labute approximate surface area is 117 Å². The summed E-state index contributed by atoms with van der Waals surface area (Å²) in [5.74, 6) is 0.184. The van der Waals surface area contributed by atoms with Gasteiger partial charge in [0.2, 0.25) is 0 Å². The van der Waals surface area contributed by atoms with Gasteiger partial charge in [0.1, 0.15) is 0 Å². The van der Waals surface area contributed by atoms with Gasteiger partial charge in [-0.05, 0) is 49.1 Å². The Morgan fingerprint density at radius 1 is 1.30 bits per heavy atom. The number of nitrogen functional groups attached to an aromatic ring is 1. The van der Waals surface area contributed by atoms with E-state index in [0.717, 1.165) is 18.5 Å². The minimum atomic E-state index is -0.355. The second-order valence-electron chi connectivity index (χ2n) is 5.13. The molecule has 1 saturated carbocycles. The number of ether oxygens (including phenoxy) is 1. The van der Waals surface area contributed by atoms with Crippen LogP contribution in [0.15, 0.2) is 36.5 Å². The number of hydrogen-bond donors (Lipinski definition) is 1. The third-order valence-corrected chi connectivity index (χ3v) is 3.63. The zero-order valence-electron chi connectivity index (χ0n) is 11.2. The molecule has 1 fully saturated rings. The van der Waals surface area contributed by atoms with Crippen LogP contribution in [0.4, 0.5) is 5.69 Å². The molecule has 0 spiro atoms. The van der Waals surface area contributed by atoms with Crippen molar-refractivity contribution in [3.8, 4) is 5.69 Å². The number of carbonyl (C=O) groups is 1. The quantitative estimate of drug-likeness (QED) is 0.684. The summed E-state index contributed by atoms with van der Waals surface area (Å²) in [6.45, 7) is 0.508. The van der Waals surface area contributed by atoms with Gasteiger partial charge in [-0.1, -0.05) is 6.42 Å². The molecule has 0 unspecified atom stereocenters. The van der Waals surface area contributed by atoms with E-state index in [-0.39, 0.29) is 5.97 Å². The number of nitrogens with zero attached hydrogens (tertiary/aromatic N) is 2. The van der Waals surface area contributed by atoms with E-state index in [9.17, 15) is 4.79 Å². The molecule has 0 aliphatic heterocycles. The van der Waals surface area contributed by atoms with Crippen LogP contribution in [-0.2, 0) is 4.74 Å².